The Labute approximate surface area is 172 Å². The van der Waals surface area contributed by atoms with Crippen molar-refractivity contribution in [1.29, 1.82) is 0 Å². The number of carbonyl (C=O) groups is 2. The Balaban J connectivity index is 1.73. The molecule has 1 unspecified atom stereocenters. The van der Waals surface area contributed by atoms with Gasteiger partial charge in [0.05, 0.1) is 19.1 Å². The van der Waals surface area contributed by atoms with Crippen LogP contribution in [0.15, 0.2) is 59.1 Å². The molecule has 0 fully saturated rings. The molecule has 2 aromatic carbocycles. The second-order valence-electron chi connectivity index (χ2n) is 6.64. The predicted octanol–water partition coefficient (Wildman–Crippen LogP) is 3.48. The van der Waals surface area contributed by atoms with Crippen LogP contribution in [0.3, 0.4) is 0 Å². The number of halogens is 1. The fourth-order valence-corrected chi connectivity index (χ4v) is 3.01. The van der Waals surface area contributed by atoms with E-state index in [1.54, 1.807) is 13.0 Å². The number of hydrogen-bond donors (Lipinski definition) is 2. The number of hydrogen-bond acceptors (Lipinski definition) is 6. The van der Waals surface area contributed by atoms with Crippen LogP contribution >= 0.6 is 0 Å². The molecule has 0 saturated heterocycles. The number of esters is 1. The van der Waals surface area contributed by atoms with Crippen molar-refractivity contribution >= 4 is 11.9 Å². The van der Waals surface area contributed by atoms with Gasteiger partial charge in [0.15, 0.2) is 0 Å². The SMILES string of the molecule is CCOC(=O)CC(Cc1ccc(-c2cccc(F)c2)cc1)NC(=O)c1cc(O)no1. The average molecular weight is 412 g/mol. The van der Waals surface area contributed by atoms with Crippen LogP contribution in [0, 0.1) is 5.82 Å². The molecular formula is C22H21FN2O5. The first-order valence-corrected chi connectivity index (χ1v) is 9.41. The minimum atomic E-state index is -0.603. The molecule has 1 atom stereocenters. The van der Waals surface area contributed by atoms with Gasteiger partial charge >= 0.3 is 5.97 Å². The van der Waals surface area contributed by atoms with Crippen molar-refractivity contribution in [2.24, 2.45) is 0 Å². The van der Waals surface area contributed by atoms with Crippen LogP contribution in [-0.4, -0.2) is 34.8 Å². The summed E-state index contributed by atoms with van der Waals surface area (Å²) in [5, 5.41) is 15.2. The molecule has 1 amide bonds. The maximum atomic E-state index is 13.4. The summed E-state index contributed by atoms with van der Waals surface area (Å²) in [7, 11) is 0. The minimum absolute atomic E-state index is 0.0364. The van der Waals surface area contributed by atoms with E-state index >= 15 is 0 Å². The molecule has 30 heavy (non-hydrogen) atoms. The van der Waals surface area contributed by atoms with E-state index in [9.17, 15) is 19.1 Å². The van der Waals surface area contributed by atoms with Gasteiger partial charge in [-0.05, 0) is 47.3 Å². The van der Waals surface area contributed by atoms with Crippen LogP contribution in [0.1, 0.15) is 29.5 Å². The zero-order chi connectivity index (χ0) is 21.5. The lowest BCUT2D eigenvalue weighted by molar-refractivity contribution is -0.143. The highest BCUT2D eigenvalue weighted by atomic mass is 19.1. The normalized spacial score (nSPS) is 11.7. The molecule has 1 heterocycles. The first kappa shape index (κ1) is 21.0. The molecule has 156 valence electrons. The smallest absolute Gasteiger partial charge is 0.307 e. The summed E-state index contributed by atoms with van der Waals surface area (Å²) in [6, 6.07) is 14.2. The molecule has 2 N–H and O–H groups in total. The van der Waals surface area contributed by atoms with Gasteiger partial charge in [-0.1, -0.05) is 36.4 Å². The zero-order valence-corrected chi connectivity index (χ0v) is 16.3. The summed E-state index contributed by atoms with van der Waals surface area (Å²) in [5.41, 5.74) is 2.47. The second-order valence-corrected chi connectivity index (χ2v) is 6.64. The van der Waals surface area contributed by atoms with E-state index in [1.165, 1.54) is 12.1 Å². The highest BCUT2D eigenvalue weighted by Gasteiger charge is 2.21. The monoisotopic (exact) mass is 412 g/mol. The highest BCUT2D eigenvalue weighted by molar-refractivity contribution is 5.92. The number of ether oxygens (including phenoxy) is 1. The van der Waals surface area contributed by atoms with Crippen LogP contribution in [0.4, 0.5) is 4.39 Å². The van der Waals surface area contributed by atoms with Gasteiger partial charge in [0.1, 0.15) is 5.82 Å². The largest absolute Gasteiger partial charge is 0.491 e. The summed E-state index contributed by atoms with van der Waals surface area (Å²) in [6.07, 6.45) is 0.319. The molecule has 3 aromatic rings. The Bertz CT molecular complexity index is 1020. The Hall–Kier alpha value is -3.68. The molecule has 3 rings (SSSR count). The molecule has 0 spiro atoms. The molecule has 0 aliphatic carbocycles. The van der Waals surface area contributed by atoms with Crippen molar-refractivity contribution in [3.63, 3.8) is 0 Å². The number of carbonyl (C=O) groups excluding carboxylic acids is 2. The molecule has 0 aliphatic rings. The van der Waals surface area contributed by atoms with E-state index in [-0.39, 0.29) is 24.6 Å². The third-order valence-corrected chi connectivity index (χ3v) is 4.37. The molecular weight excluding hydrogens is 391 g/mol. The topological polar surface area (TPSA) is 102 Å². The molecule has 8 heteroatoms. The summed E-state index contributed by atoms with van der Waals surface area (Å²) >= 11 is 0. The van der Waals surface area contributed by atoms with Gasteiger partial charge in [0.25, 0.3) is 11.8 Å². The Morgan fingerprint density at radius 1 is 1.17 bits per heavy atom. The van der Waals surface area contributed by atoms with Gasteiger partial charge in [0, 0.05) is 6.04 Å². The Kier molecular flexibility index (Phi) is 6.79. The summed E-state index contributed by atoms with van der Waals surface area (Å²) in [6.45, 7) is 1.94. The number of aromatic hydroxyl groups is 1. The van der Waals surface area contributed by atoms with Gasteiger partial charge in [0.2, 0.25) is 5.76 Å². The number of aromatic nitrogens is 1. The fraction of sp³-hybridized carbons (Fsp3) is 0.227. The second kappa shape index (κ2) is 9.69. The summed E-state index contributed by atoms with van der Waals surface area (Å²) in [5.74, 6) is -1.93. The van der Waals surface area contributed by atoms with Gasteiger partial charge in [-0.15, -0.1) is 0 Å². The van der Waals surface area contributed by atoms with Gasteiger partial charge in [-0.3, -0.25) is 9.59 Å². The maximum Gasteiger partial charge on any atom is 0.307 e. The number of benzene rings is 2. The van der Waals surface area contributed by atoms with E-state index in [1.807, 2.05) is 30.3 Å². The number of amides is 1. The van der Waals surface area contributed by atoms with E-state index in [4.69, 9.17) is 9.26 Å². The summed E-state index contributed by atoms with van der Waals surface area (Å²) < 4.78 is 23.2. The van der Waals surface area contributed by atoms with Crippen molar-refractivity contribution in [2.45, 2.75) is 25.8 Å². The lowest BCUT2D eigenvalue weighted by Gasteiger charge is -2.17. The molecule has 7 nitrogen and oxygen atoms in total. The lowest BCUT2D eigenvalue weighted by atomic mass is 9.99. The van der Waals surface area contributed by atoms with Gasteiger partial charge in [-0.2, -0.15) is 0 Å². The van der Waals surface area contributed by atoms with Crippen LogP contribution in [0.2, 0.25) is 0 Å². The molecule has 0 radical (unpaired) electrons. The lowest BCUT2D eigenvalue weighted by Crippen LogP contribution is -2.38. The average Bonchev–Trinajstić information content (AvgIpc) is 3.15. The van der Waals surface area contributed by atoms with Crippen molar-refractivity contribution in [2.75, 3.05) is 6.61 Å². The highest BCUT2D eigenvalue weighted by Crippen LogP contribution is 2.21. The number of nitrogens with zero attached hydrogens (tertiary/aromatic N) is 1. The van der Waals surface area contributed by atoms with Crippen molar-refractivity contribution in [1.82, 2.24) is 10.5 Å². The van der Waals surface area contributed by atoms with Crippen molar-refractivity contribution < 1.29 is 28.3 Å². The van der Waals surface area contributed by atoms with Crippen molar-refractivity contribution in [3.05, 3.63) is 71.7 Å². The first-order valence-electron chi connectivity index (χ1n) is 9.41. The Morgan fingerprint density at radius 2 is 1.93 bits per heavy atom. The molecule has 0 saturated carbocycles. The summed E-state index contributed by atoms with van der Waals surface area (Å²) in [4.78, 5) is 24.3. The van der Waals surface area contributed by atoms with Gasteiger partial charge < -0.3 is 19.7 Å². The standard InChI is InChI=1S/C22H21FN2O5/c1-2-29-21(27)12-18(24-22(28)19-13-20(26)25-30-19)10-14-6-8-15(9-7-14)16-4-3-5-17(23)11-16/h3-9,11,13,18H,2,10,12H2,1H3,(H,24,28)(H,25,26). The van der Waals surface area contributed by atoms with E-state index in [0.29, 0.717) is 6.42 Å². The van der Waals surface area contributed by atoms with Crippen LogP contribution in [0.25, 0.3) is 11.1 Å². The fourth-order valence-electron chi connectivity index (χ4n) is 3.01. The molecule has 0 bridgehead atoms. The maximum absolute atomic E-state index is 13.4. The number of rotatable bonds is 8. The van der Waals surface area contributed by atoms with Crippen LogP contribution in [0.5, 0.6) is 5.88 Å². The Morgan fingerprint density at radius 3 is 2.57 bits per heavy atom. The third-order valence-electron chi connectivity index (χ3n) is 4.37. The zero-order valence-electron chi connectivity index (χ0n) is 16.3. The van der Waals surface area contributed by atoms with Crippen LogP contribution < -0.4 is 5.32 Å². The molecule has 1 aromatic heterocycles. The third kappa shape index (κ3) is 5.66. The minimum Gasteiger partial charge on any atom is -0.491 e. The van der Waals surface area contributed by atoms with Crippen molar-refractivity contribution in [3.8, 4) is 17.0 Å². The molecule has 0 aliphatic heterocycles. The van der Waals surface area contributed by atoms with E-state index in [2.05, 4.69) is 10.5 Å². The first-order chi connectivity index (χ1) is 14.4. The number of nitrogens with one attached hydrogen (secondary N) is 1. The quantitative estimate of drug-likeness (QED) is 0.549. The van der Waals surface area contributed by atoms with Crippen LogP contribution in [-0.2, 0) is 16.0 Å². The van der Waals surface area contributed by atoms with E-state index < -0.39 is 23.8 Å². The van der Waals surface area contributed by atoms with E-state index in [0.717, 1.165) is 22.8 Å². The predicted molar refractivity (Wildman–Crippen MR) is 106 cm³/mol. The van der Waals surface area contributed by atoms with Gasteiger partial charge in [-0.25, -0.2) is 4.39 Å².